The SMILES string of the molecule is COc1ccc(-c2cc(NC(=O)OC(C)CCCc3ccccc3)c(=O)n(C/C=C/c3ccc(Cl)cc3)n2)cc1. The van der Waals surface area contributed by atoms with E-state index in [0.29, 0.717) is 22.9 Å². The molecular formula is C32H32ClN3O4. The van der Waals surface area contributed by atoms with Crippen molar-refractivity contribution in [1.82, 2.24) is 9.78 Å². The van der Waals surface area contributed by atoms with Gasteiger partial charge in [0.05, 0.1) is 19.3 Å². The van der Waals surface area contributed by atoms with E-state index in [1.54, 1.807) is 25.3 Å². The number of aromatic nitrogens is 2. The summed E-state index contributed by atoms with van der Waals surface area (Å²) in [4.78, 5) is 26.0. The molecule has 0 aliphatic carbocycles. The molecule has 1 aromatic heterocycles. The average molecular weight is 558 g/mol. The van der Waals surface area contributed by atoms with Gasteiger partial charge in [0.15, 0.2) is 0 Å². The maximum Gasteiger partial charge on any atom is 0.412 e. The molecule has 0 spiro atoms. The molecule has 1 unspecified atom stereocenters. The lowest BCUT2D eigenvalue weighted by Gasteiger charge is -2.15. The van der Waals surface area contributed by atoms with Crippen LogP contribution in [0.4, 0.5) is 10.5 Å². The van der Waals surface area contributed by atoms with Crippen LogP contribution in [-0.2, 0) is 17.7 Å². The maximum atomic E-state index is 13.2. The number of nitrogens with one attached hydrogen (secondary N) is 1. The summed E-state index contributed by atoms with van der Waals surface area (Å²) in [6, 6.07) is 26.4. The average Bonchev–Trinajstić information content (AvgIpc) is 2.96. The lowest BCUT2D eigenvalue weighted by molar-refractivity contribution is 0.114. The number of amides is 1. The highest BCUT2D eigenvalue weighted by atomic mass is 35.5. The zero-order chi connectivity index (χ0) is 28.3. The topological polar surface area (TPSA) is 82.5 Å². The smallest absolute Gasteiger partial charge is 0.412 e. The molecule has 0 bridgehead atoms. The molecule has 1 amide bonds. The van der Waals surface area contributed by atoms with Crippen molar-refractivity contribution in [3.8, 4) is 17.0 Å². The summed E-state index contributed by atoms with van der Waals surface area (Å²) in [5.74, 6) is 0.700. The van der Waals surface area contributed by atoms with Crippen LogP contribution in [0.5, 0.6) is 5.75 Å². The number of carbonyl (C=O) groups is 1. The summed E-state index contributed by atoms with van der Waals surface area (Å²) in [5.41, 5.74) is 3.11. The monoisotopic (exact) mass is 557 g/mol. The van der Waals surface area contributed by atoms with Gasteiger partial charge in [0.25, 0.3) is 5.56 Å². The van der Waals surface area contributed by atoms with Crippen LogP contribution in [0.2, 0.25) is 5.02 Å². The fraction of sp³-hybridized carbons (Fsp3) is 0.219. The van der Waals surface area contributed by atoms with Gasteiger partial charge in [-0.1, -0.05) is 66.2 Å². The Balaban J connectivity index is 1.48. The molecule has 4 rings (SSSR count). The first-order chi connectivity index (χ1) is 19.4. The number of benzene rings is 3. The molecule has 0 aliphatic heterocycles. The van der Waals surface area contributed by atoms with E-state index in [1.807, 2.05) is 73.7 Å². The Kier molecular flexibility index (Phi) is 10.1. The Bertz CT molecular complexity index is 1480. The Labute approximate surface area is 239 Å². The largest absolute Gasteiger partial charge is 0.497 e. The maximum absolute atomic E-state index is 13.2. The number of aryl methyl sites for hydroxylation is 1. The Morgan fingerprint density at radius 2 is 1.77 bits per heavy atom. The minimum atomic E-state index is -0.681. The number of carbonyl (C=O) groups excluding carboxylic acids is 1. The molecule has 0 saturated heterocycles. The van der Waals surface area contributed by atoms with E-state index in [-0.39, 0.29) is 18.3 Å². The van der Waals surface area contributed by atoms with Gasteiger partial charge in [-0.3, -0.25) is 10.1 Å². The summed E-state index contributed by atoms with van der Waals surface area (Å²) < 4.78 is 12.1. The quantitative estimate of drug-likeness (QED) is 0.210. The molecule has 0 fully saturated rings. The van der Waals surface area contributed by atoms with Gasteiger partial charge in [0.2, 0.25) is 0 Å². The van der Waals surface area contributed by atoms with E-state index in [1.165, 1.54) is 10.2 Å². The van der Waals surface area contributed by atoms with Crippen LogP contribution in [0.25, 0.3) is 17.3 Å². The minimum absolute atomic E-state index is 0.0854. The van der Waals surface area contributed by atoms with Crippen molar-refractivity contribution in [2.75, 3.05) is 12.4 Å². The second-order valence-corrected chi connectivity index (χ2v) is 9.77. The van der Waals surface area contributed by atoms with Gasteiger partial charge in [-0.05, 0) is 79.8 Å². The Morgan fingerprint density at radius 3 is 2.48 bits per heavy atom. The molecule has 4 aromatic rings. The van der Waals surface area contributed by atoms with Crippen molar-refractivity contribution in [2.45, 2.75) is 38.8 Å². The van der Waals surface area contributed by atoms with Gasteiger partial charge >= 0.3 is 6.09 Å². The number of rotatable bonds is 11. The number of halogens is 1. The van der Waals surface area contributed by atoms with Crippen LogP contribution >= 0.6 is 11.6 Å². The second-order valence-electron chi connectivity index (χ2n) is 9.33. The molecule has 1 N–H and O–H groups in total. The van der Waals surface area contributed by atoms with Crippen molar-refractivity contribution in [3.63, 3.8) is 0 Å². The van der Waals surface area contributed by atoms with Gasteiger partial charge in [0.1, 0.15) is 17.5 Å². The molecule has 0 radical (unpaired) electrons. The molecule has 1 heterocycles. The number of anilines is 1. The minimum Gasteiger partial charge on any atom is -0.497 e. The highest BCUT2D eigenvalue weighted by Crippen LogP contribution is 2.22. The molecule has 206 valence electrons. The lowest BCUT2D eigenvalue weighted by Crippen LogP contribution is -2.29. The molecule has 0 aliphatic rings. The zero-order valence-corrected chi connectivity index (χ0v) is 23.3. The fourth-order valence-corrected chi connectivity index (χ4v) is 4.27. The van der Waals surface area contributed by atoms with Gasteiger partial charge in [-0.15, -0.1) is 0 Å². The molecule has 7 nitrogen and oxygen atoms in total. The number of allylic oxidation sites excluding steroid dienone is 1. The van der Waals surface area contributed by atoms with E-state index in [2.05, 4.69) is 22.5 Å². The first-order valence-electron chi connectivity index (χ1n) is 13.1. The van der Waals surface area contributed by atoms with E-state index in [9.17, 15) is 9.59 Å². The van der Waals surface area contributed by atoms with E-state index >= 15 is 0 Å². The molecule has 3 aromatic carbocycles. The summed E-state index contributed by atoms with van der Waals surface area (Å²) in [7, 11) is 1.59. The molecule has 0 saturated carbocycles. The molecule has 8 heteroatoms. The second kappa shape index (κ2) is 14.1. The van der Waals surface area contributed by atoms with Crippen molar-refractivity contribution in [3.05, 3.63) is 118 Å². The van der Waals surface area contributed by atoms with E-state index in [4.69, 9.17) is 21.1 Å². The number of hydrogen-bond donors (Lipinski definition) is 1. The lowest BCUT2D eigenvalue weighted by atomic mass is 10.1. The Hall–Kier alpha value is -4.36. The van der Waals surface area contributed by atoms with Gasteiger partial charge in [-0.25, -0.2) is 9.48 Å². The first-order valence-corrected chi connectivity index (χ1v) is 13.5. The number of ether oxygens (including phenoxy) is 2. The third-order valence-electron chi connectivity index (χ3n) is 6.28. The number of methoxy groups -OCH3 is 1. The highest BCUT2D eigenvalue weighted by Gasteiger charge is 2.15. The zero-order valence-electron chi connectivity index (χ0n) is 22.5. The number of nitrogens with zero attached hydrogens (tertiary/aromatic N) is 2. The van der Waals surface area contributed by atoms with Crippen molar-refractivity contribution < 1.29 is 14.3 Å². The fourth-order valence-electron chi connectivity index (χ4n) is 4.14. The standard InChI is InChI=1S/C32H32ClN3O4/c1-23(8-6-11-24-9-4-3-5-10-24)40-32(38)34-30-22-29(26-15-19-28(39-2)20-16-26)35-36(31(30)37)21-7-12-25-13-17-27(33)18-14-25/h3-5,7,9-10,12-20,22-23H,6,8,11,21H2,1-2H3,(H,34,38)/b12-7+. The normalized spacial score (nSPS) is 11.8. The van der Waals surface area contributed by atoms with E-state index in [0.717, 1.165) is 24.0 Å². The van der Waals surface area contributed by atoms with Crippen molar-refractivity contribution in [1.29, 1.82) is 0 Å². The summed E-state index contributed by atoms with van der Waals surface area (Å²) in [5, 5.41) is 7.83. The predicted octanol–water partition coefficient (Wildman–Crippen LogP) is 7.25. The van der Waals surface area contributed by atoms with Gasteiger partial charge < -0.3 is 9.47 Å². The summed E-state index contributed by atoms with van der Waals surface area (Å²) in [6.07, 6.45) is 5.20. The highest BCUT2D eigenvalue weighted by molar-refractivity contribution is 6.30. The third kappa shape index (κ3) is 8.32. The van der Waals surface area contributed by atoms with Crippen LogP contribution in [0.1, 0.15) is 30.9 Å². The van der Waals surface area contributed by atoms with Crippen LogP contribution < -0.4 is 15.6 Å². The number of hydrogen-bond acceptors (Lipinski definition) is 5. The molecule has 1 atom stereocenters. The van der Waals surface area contributed by atoms with Gasteiger partial charge in [0, 0.05) is 10.6 Å². The molecular weight excluding hydrogens is 526 g/mol. The third-order valence-corrected chi connectivity index (χ3v) is 6.53. The van der Waals surface area contributed by atoms with Crippen LogP contribution in [0.15, 0.2) is 95.8 Å². The predicted molar refractivity (Wildman–Crippen MR) is 160 cm³/mol. The van der Waals surface area contributed by atoms with Crippen molar-refractivity contribution >= 4 is 29.5 Å². The van der Waals surface area contributed by atoms with Crippen LogP contribution in [-0.4, -0.2) is 29.1 Å². The van der Waals surface area contributed by atoms with Crippen LogP contribution in [0, 0.1) is 0 Å². The first kappa shape index (κ1) is 28.6. The Morgan fingerprint density at radius 1 is 1.05 bits per heavy atom. The van der Waals surface area contributed by atoms with E-state index < -0.39 is 11.7 Å². The summed E-state index contributed by atoms with van der Waals surface area (Å²) in [6.45, 7) is 2.05. The van der Waals surface area contributed by atoms with Crippen molar-refractivity contribution in [2.24, 2.45) is 0 Å². The van der Waals surface area contributed by atoms with Gasteiger partial charge in [-0.2, -0.15) is 5.10 Å². The summed E-state index contributed by atoms with van der Waals surface area (Å²) >= 11 is 5.97. The van der Waals surface area contributed by atoms with Crippen LogP contribution in [0.3, 0.4) is 0 Å². The molecule has 40 heavy (non-hydrogen) atoms.